The lowest BCUT2D eigenvalue weighted by atomic mass is 10.1. The maximum atomic E-state index is 12.5. The van der Waals surface area contributed by atoms with Gasteiger partial charge in [-0.05, 0) is 6.07 Å². The lowest BCUT2D eigenvalue weighted by Crippen LogP contribution is -2.19. The molecule has 0 saturated carbocycles. The molecule has 10 heteroatoms. The van der Waals surface area contributed by atoms with E-state index < -0.39 is 23.6 Å². The van der Waals surface area contributed by atoms with Crippen molar-refractivity contribution in [3.8, 4) is 16.3 Å². The van der Waals surface area contributed by atoms with Gasteiger partial charge < -0.3 is 14.3 Å². The number of hydrogen-bond acceptors (Lipinski definition) is 6. The lowest BCUT2D eigenvalue weighted by molar-refractivity contribution is -0.274. The van der Waals surface area contributed by atoms with Gasteiger partial charge in [0, 0.05) is 11.6 Å². The van der Waals surface area contributed by atoms with Crippen molar-refractivity contribution in [1.29, 1.82) is 0 Å². The molecular formula is C12H5F3N2O4S. The van der Waals surface area contributed by atoms with Crippen LogP contribution in [0.2, 0.25) is 0 Å². The monoisotopic (exact) mass is 330 g/mol. The molecular weight excluding hydrogens is 325 g/mol. The Hall–Kier alpha value is -2.62. The average Bonchev–Trinajstić information content (AvgIpc) is 3.08. The molecule has 0 aliphatic carbocycles. The molecule has 6 nitrogen and oxygen atoms in total. The summed E-state index contributed by atoms with van der Waals surface area (Å²) in [6, 6.07) is 1.02. The molecule has 3 rings (SSSR count). The number of aromatic nitrogens is 2. The van der Waals surface area contributed by atoms with Gasteiger partial charge in [0.25, 0.3) is 0 Å². The SMILES string of the molecule is O=C(O)c1cc(-c2nccs2)c2ocnc2c1OC(F)(F)F. The fraction of sp³-hybridized carbons (Fsp3) is 0.0833. The maximum absolute atomic E-state index is 12.5. The van der Waals surface area contributed by atoms with E-state index >= 15 is 0 Å². The Labute approximate surface area is 123 Å². The molecule has 3 aromatic rings. The first-order valence-corrected chi connectivity index (χ1v) is 6.54. The number of alkyl halides is 3. The van der Waals surface area contributed by atoms with Crippen LogP contribution in [0.1, 0.15) is 10.4 Å². The summed E-state index contributed by atoms with van der Waals surface area (Å²) in [6.07, 6.45) is -2.67. The highest BCUT2D eigenvalue weighted by atomic mass is 32.1. The molecule has 22 heavy (non-hydrogen) atoms. The Kier molecular flexibility index (Phi) is 3.24. The van der Waals surface area contributed by atoms with Crippen LogP contribution < -0.4 is 4.74 Å². The van der Waals surface area contributed by atoms with Crippen molar-refractivity contribution in [2.24, 2.45) is 0 Å². The highest BCUT2D eigenvalue weighted by Gasteiger charge is 2.35. The molecule has 0 aliphatic heterocycles. The average molecular weight is 330 g/mol. The molecule has 0 aliphatic rings. The number of ether oxygens (including phenoxy) is 1. The van der Waals surface area contributed by atoms with Gasteiger partial charge in [-0.3, -0.25) is 0 Å². The van der Waals surface area contributed by atoms with Crippen LogP contribution in [0.4, 0.5) is 13.2 Å². The lowest BCUT2D eigenvalue weighted by Gasteiger charge is -2.12. The Morgan fingerprint density at radius 1 is 1.36 bits per heavy atom. The summed E-state index contributed by atoms with van der Waals surface area (Å²) in [5.74, 6) is -2.49. The number of oxazole rings is 1. The summed E-state index contributed by atoms with van der Waals surface area (Å²) in [5.41, 5.74) is -0.806. The van der Waals surface area contributed by atoms with Crippen LogP contribution in [0, 0.1) is 0 Å². The Balaban J connectivity index is 2.32. The molecule has 1 N–H and O–H groups in total. The van der Waals surface area contributed by atoms with Crippen molar-refractivity contribution < 1.29 is 32.2 Å². The van der Waals surface area contributed by atoms with E-state index in [-0.39, 0.29) is 16.7 Å². The van der Waals surface area contributed by atoms with Crippen molar-refractivity contribution >= 4 is 28.4 Å². The minimum atomic E-state index is -5.06. The van der Waals surface area contributed by atoms with Gasteiger partial charge in [-0.25, -0.2) is 14.8 Å². The Morgan fingerprint density at radius 2 is 2.14 bits per heavy atom. The van der Waals surface area contributed by atoms with E-state index in [0.717, 1.165) is 12.5 Å². The number of carboxylic acids is 1. The zero-order valence-corrected chi connectivity index (χ0v) is 11.2. The number of benzene rings is 1. The van der Waals surface area contributed by atoms with Gasteiger partial charge in [0.1, 0.15) is 10.6 Å². The highest BCUT2D eigenvalue weighted by Crippen LogP contribution is 2.39. The third-order valence-corrected chi connectivity index (χ3v) is 3.48. The summed E-state index contributed by atoms with van der Waals surface area (Å²) < 4.78 is 46.4. The molecule has 0 radical (unpaired) electrons. The Morgan fingerprint density at radius 3 is 2.73 bits per heavy atom. The topological polar surface area (TPSA) is 85.5 Å². The van der Waals surface area contributed by atoms with E-state index in [9.17, 15) is 18.0 Å². The van der Waals surface area contributed by atoms with Gasteiger partial charge in [-0.1, -0.05) is 0 Å². The third kappa shape index (κ3) is 2.48. The van der Waals surface area contributed by atoms with E-state index in [4.69, 9.17) is 9.52 Å². The van der Waals surface area contributed by atoms with E-state index in [1.165, 1.54) is 17.5 Å². The number of carbonyl (C=O) groups is 1. The van der Waals surface area contributed by atoms with Crippen LogP contribution in [0.5, 0.6) is 5.75 Å². The van der Waals surface area contributed by atoms with Crippen LogP contribution >= 0.6 is 11.3 Å². The van der Waals surface area contributed by atoms with E-state index in [1.807, 2.05) is 0 Å². The predicted molar refractivity (Wildman–Crippen MR) is 68.8 cm³/mol. The molecule has 0 spiro atoms. The number of aromatic carboxylic acids is 1. The minimum Gasteiger partial charge on any atom is -0.478 e. The Bertz CT molecular complexity index is 842. The summed E-state index contributed by atoms with van der Waals surface area (Å²) in [6.45, 7) is 0. The van der Waals surface area contributed by atoms with Crippen molar-refractivity contribution in [2.45, 2.75) is 6.36 Å². The quantitative estimate of drug-likeness (QED) is 0.790. The second kappa shape index (κ2) is 4.98. The van der Waals surface area contributed by atoms with Crippen molar-refractivity contribution in [1.82, 2.24) is 9.97 Å². The first-order chi connectivity index (χ1) is 10.4. The minimum absolute atomic E-state index is 0.0285. The van der Waals surface area contributed by atoms with Gasteiger partial charge in [0.15, 0.2) is 23.2 Å². The third-order valence-electron chi connectivity index (χ3n) is 2.67. The van der Waals surface area contributed by atoms with Crippen molar-refractivity contribution in [2.75, 3.05) is 0 Å². The number of carboxylic acid groups (broad SMARTS) is 1. The number of halogens is 3. The fourth-order valence-electron chi connectivity index (χ4n) is 1.90. The first-order valence-electron chi connectivity index (χ1n) is 5.66. The second-order valence-corrected chi connectivity index (χ2v) is 4.92. The molecule has 0 bridgehead atoms. The second-order valence-electron chi connectivity index (χ2n) is 4.02. The van der Waals surface area contributed by atoms with E-state index in [1.54, 1.807) is 5.38 Å². The molecule has 0 unspecified atom stereocenters. The molecule has 2 aromatic heterocycles. The number of fused-ring (bicyclic) bond motifs is 1. The van der Waals surface area contributed by atoms with Crippen LogP contribution in [0.3, 0.4) is 0 Å². The van der Waals surface area contributed by atoms with Crippen molar-refractivity contribution in [3.05, 3.63) is 29.6 Å². The zero-order valence-electron chi connectivity index (χ0n) is 10.4. The number of rotatable bonds is 3. The normalized spacial score (nSPS) is 11.8. The largest absolute Gasteiger partial charge is 0.573 e. The summed E-state index contributed by atoms with van der Waals surface area (Å²) in [4.78, 5) is 18.9. The highest BCUT2D eigenvalue weighted by molar-refractivity contribution is 7.13. The first kappa shape index (κ1) is 14.3. The van der Waals surface area contributed by atoms with Gasteiger partial charge in [-0.2, -0.15) is 0 Å². The van der Waals surface area contributed by atoms with Crippen LogP contribution in [0.15, 0.2) is 28.5 Å². The van der Waals surface area contributed by atoms with Gasteiger partial charge >= 0.3 is 12.3 Å². The summed E-state index contributed by atoms with van der Waals surface area (Å²) >= 11 is 1.18. The fourth-order valence-corrected chi connectivity index (χ4v) is 2.55. The van der Waals surface area contributed by atoms with Gasteiger partial charge in [0.2, 0.25) is 0 Å². The van der Waals surface area contributed by atoms with Crippen LogP contribution in [-0.4, -0.2) is 27.4 Å². The molecule has 0 saturated heterocycles. The molecule has 1 aromatic carbocycles. The van der Waals surface area contributed by atoms with Crippen LogP contribution in [-0.2, 0) is 0 Å². The zero-order chi connectivity index (χ0) is 15.9. The van der Waals surface area contributed by atoms with Crippen molar-refractivity contribution in [3.63, 3.8) is 0 Å². The molecule has 114 valence electrons. The maximum Gasteiger partial charge on any atom is 0.573 e. The predicted octanol–water partition coefficient (Wildman–Crippen LogP) is 3.55. The smallest absolute Gasteiger partial charge is 0.478 e. The van der Waals surface area contributed by atoms with Crippen LogP contribution in [0.25, 0.3) is 21.7 Å². The molecule has 2 heterocycles. The molecule has 0 fully saturated rings. The van der Waals surface area contributed by atoms with Gasteiger partial charge in [-0.15, -0.1) is 24.5 Å². The van der Waals surface area contributed by atoms with Gasteiger partial charge in [0.05, 0.1) is 5.56 Å². The number of thiazole rings is 1. The van der Waals surface area contributed by atoms with E-state index in [0.29, 0.717) is 5.01 Å². The number of hydrogen-bond donors (Lipinski definition) is 1. The number of nitrogens with zero attached hydrogens (tertiary/aromatic N) is 2. The standard InChI is InChI=1S/C12H5F3N2O4S/c13-12(14,15)21-9-6(11(18)19)3-5(10-16-1-2-22-10)8-7(9)17-4-20-8/h1-4H,(H,18,19). The summed E-state index contributed by atoms with van der Waals surface area (Å²) in [5, 5.41) is 11.2. The molecule has 0 amide bonds. The molecule has 0 atom stereocenters. The van der Waals surface area contributed by atoms with E-state index in [2.05, 4.69) is 14.7 Å². The summed E-state index contributed by atoms with van der Waals surface area (Å²) in [7, 11) is 0.